The zero-order chi connectivity index (χ0) is 23.0. The molecule has 0 unspecified atom stereocenters. The van der Waals surface area contributed by atoms with Crippen LogP contribution in [0.5, 0.6) is 0 Å². The Balaban J connectivity index is 1.55. The first-order valence-electron chi connectivity index (χ1n) is 9.65. The Morgan fingerprint density at radius 3 is 2.53 bits per heavy atom. The van der Waals surface area contributed by atoms with Crippen molar-refractivity contribution in [1.29, 1.82) is 0 Å². The summed E-state index contributed by atoms with van der Waals surface area (Å²) < 4.78 is 13.3. The minimum Gasteiger partial charge on any atom is -0.378 e. The van der Waals surface area contributed by atoms with E-state index in [9.17, 15) is 18.8 Å². The molecule has 0 radical (unpaired) electrons. The third kappa shape index (κ3) is 3.89. The highest BCUT2D eigenvalue weighted by Crippen LogP contribution is 2.30. The summed E-state index contributed by atoms with van der Waals surface area (Å²) in [5.41, 5.74) is 2.52. The molecule has 32 heavy (non-hydrogen) atoms. The molecule has 0 bridgehead atoms. The van der Waals surface area contributed by atoms with E-state index in [2.05, 4.69) is 20.5 Å². The van der Waals surface area contributed by atoms with Crippen molar-refractivity contribution >= 4 is 29.2 Å². The summed E-state index contributed by atoms with van der Waals surface area (Å²) in [4.78, 5) is 44.2. The fourth-order valence-corrected chi connectivity index (χ4v) is 3.41. The molecule has 1 N–H and O–H groups in total. The highest BCUT2D eigenvalue weighted by molar-refractivity contribution is 6.22. The van der Waals surface area contributed by atoms with E-state index in [1.54, 1.807) is 23.1 Å². The highest BCUT2D eigenvalue weighted by Gasteiger charge is 2.36. The van der Waals surface area contributed by atoms with Crippen LogP contribution in [0.1, 0.15) is 26.3 Å². The van der Waals surface area contributed by atoms with E-state index in [0.717, 1.165) is 11.1 Å². The van der Waals surface area contributed by atoms with Crippen LogP contribution < -0.4 is 10.2 Å². The van der Waals surface area contributed by atoms with Crippen molar-refractivity contribution in [2.75, 3.05) is 31.4 Å². The maximum atomic E-state index is 13.3. The quantitative estimate of drug-likeness (QED) is 0.613. The van der Waals surface area contributed by atoms with Crippen LogP contribution in [-0.4, -0.2) is 58.9 Å². The first kappa shape index (κ1) is 21.0. The molecule has 0 atom stereocenters. The standard InChI is InChI=1S/C22H19FN6O3/c1-28(2)15-7-12(20-16(9-15)21(31)29(3)22(20)32)8-19(30)25-18-5-4-17(26-27-18)13-6-14(23)11-24-10-13/h4-7,9-11H,8H2,1-3H3,(H,25,27,30). The van der Waals surface area contributed by atoms with E-state index in [1.807, 2.05) is 14.1 Å². The van der Waals surface area contributed by atoms with Gasteiger partial charge in [0.15, 0.2) is 5.82 Å². The van der Waals surface area contributed by atoms with E-state index in [0.29, 0.717) is 22.5 Å². The van der Waals surface area contributed by atoms with Gasteiger partial charge in [0.2, 0.25) is 5.91 Å². The molecule has 0 spiro atoms. The van der Waals surface area contributed by atoms with Crippen molar-refractivity contribution < 1.29 is 18.8 Å². The van der Waals surface area contributed by atoms with Crippen LogP contribution in [0.15, 0.2) is 42.7 Å². The Morgan fingerprint density at radius 2 is 1.88 bits per heavy atom. The van der Waals surface area contributed by atoms with Crippen molar-refractivity contribution in [2.45, 2.75) is 6.42 Å². The third-order valence-electron chi connectivity index (χ3n) is 5.06. The summed E-state index contributed by atoms with van der Waals surface area (Å²) in [6.07, 6.45) is 2.41. The molecule has 0 fully saturated rings. The number of benzene rings is 1. The number of anilines is 2. The smallest absolute Gasteiger partial charge is 0.261 e. The minimum absolute atomic E-state index is 0.131. The first-order chi connectivity index (χ1) is 15.2. The molecule has 3 amide bonds. The average molecular weight is 434 g/mol. The lowest BCUT2D eigenvalue weighted by Gasteiger charge is -2.16. The predicted molar refractivity (Wildman–Crippen MR) is 115 cm³/mol. The van der Waals surface area contributed by atoms with Gasteiger partial charge < -0.3 is 10.2 Å². The fraction of sp³-hybridized carbons (Fsp3) is 0.182. The summed E-state index contributed by atoms with van der Waals surface area (Å²) in [7, 11) is 5.03. The molecule has 0 saturated carbocycles. The number of fused-ring (bicyclic) bond motifs is 1. The number of carbonyl (C=O) groups excluding carboxylic acids is 3. The lowest BCUT2D eigenvalue weighted by molar-refractivity contribution is -0.115. The van der Waals surface area contributed by atoms with Gasteiger partial charge in [0.05, 0.1) is 29.4 Å². The van der Waals surface area contributed by atoms with Gasteiger partial charge >= 0.3 is 0 Å². The van der Waals surface area contributed by atoms with Crippen LogP contribution in [0.25, 0.3) is 11.3 Å². The van der Waals surface area contributed by atoms with Gasteiger partial charge in [-0.25, -0.2) is 4.39 Å². The number of hydrogen-bond acceptors (Lipinski definition) is 7. The summed E-state index contributed by atoms with van der Waals surface area (Å²) >= 11 is 0. The van der Waals surface area contributed by atoms with E-state index in [4.69, 9.17) is 0 Å². The first-order valence-corrected chi connectivity index (χ1v) is 9.65. The van der Waals surface area contributed by atoms with Crippen LogP contribution >= 0.6 is 0 Å². The molecule has 162 valence electrons. The molecular formula is C22H19FN6O3. The number of nitrogens with one attached hydrogen (secondary N) is 1. The number of pyridine rings is 1. The Bertz CT molecular complexity index is 1240. The molecule has 1 aliphatic heterocycles. The van der Waals surface area contributed by atoms with E-state index >= 15 is 0 Å². The number of carbonyl (C=O) groups is 3. The Hall–Kier alpha value is -4.21. The van der Waals surface area contributed by atoms with E-state index in [-0.39, 0.29) is 23.4 Å². The molecule has 4 rings (SSSR count). The molecular weight excluding hydrogens is 415 g/mol. The number of rotatable bonds is 5. The summed E-state index contributed by atoms with van der Waals surface area (Å²) in [5, 5.41) is 10.6. The maximum absolute atomic E-state index is 13.3. The topological polar surface area (TPSA) is 108 Å². The number of aromatic nitrogens is 3. The number of amides is 3. The lowest BCUT2D eigenvalue weighted by Crippen LogP contribution is -2.25. The molecule has 10 heteroatoms. The van der Waals surface area contributed by atoms with Gasteiger partial charge in [0.25, 0.3) is 11.8 Å². The van der Waals surface area contributed by atoms with Crippen LogP contribution in [-0.2, 0) is 11.2 Å². The summed E-state index contributed by atoms with van der Waals surface area (Å²) in [5.74, 6) is -1.56. The molecule has 3 heterocycles. The Morgan fingerprint density at radius 1 is 1.09 bits per heavy atom. The van der Waals surface area contributed by atoms with Gasteiger partial charge in [0, 0.05) is 38.6 Å². The van der Waals surface area contributed by atoms with Gasteiger partial charge in [0.1, 0.15) is 5.82 Å². The van der Waals surface area contributed by atoms with Gasteiger partial charge in [-0.3, -0.25) is 24.3 Å². The number of hydrogen-bond donors (Lipinski definition) is 1. The zero-order valence-corrected chi connectivity index (χ0v) is 17.6. The van der Waals surface area contributed by atoms with Crippen molar-refractivity contribution in [3.8, 4) is 11.3 Å². The minimum atomic E-state index is -0.493. The normalized spacial score (nSPS) is 12.7. The molecule has 1 aromatic carbocycles. The Kier molecular flexibility index (Phi) is 5.35. The molecule has 0 aliphatic carbocycles. The molecule has 9 nitrogen and oxygen atoms in total. The maximum Gasteiger partial charge on any atom is 0.261 e. The molecule has 0 saturated heterocycles. The second-order valence-electron chi connectivity index (χ2n) is 7.51. The highest BCUT2D eigenvalue weighted by atomic mass is 19.1. The van der Waals surface area contributed by atoms with Crippen LogP contribution in [0.2, 0.25) is 0 Å². The lowest BCUT2D eigenvalue weighted by atomic mass is 9.98. The summed E-state index contributed by atoms with van der Waals surface area (Å²) in [6.45, 7) is 0. The van der Waals surface area contributed by atoms with Gasteiger partial charge in [-0.05, 0) is 35.9 Å². The average Bonchev–Trinajstić information content (AvgIpc) is 2.98. The van der Waals surface area contributed by atoms with Crippen LogP contribution in [0, 0.1) is 5.82 Å². The van der Waals surface area contributed by atoms with E-state index < -0.39 is 23.5 Å². The number of imide groups is 1. The summed E-state index contributed by atoms with van der Waals surface area (Å²) in [6, 6.07) is 7.76. The van der Waals surface area contributed by atoms with Crippen molar-refractivity contribution in [2.24, 2.45) is 0 Å². The van der Waals surface area contributed by atoms with Gasteiger partial charge in [-0.15, -0.1) is 10.2 Å². The van der Waals surface area contributed by atoms with Crippen molar-refractivity contribution in [3.05, 3.63) is 65.2 Å². The largest absolute Gasteiger partial charge is 0.378 e. The van der Waals surface area contributed by atoms with Crippen molar-refractivity contribution in [1.82, 2.24) is 20.1 Å². The van der Waals surface area contributed by atoms with Gasteiger partial charge in [-0.2, -0.15) is 0 Å². The van der Waals surface area contributed by atoms with E-state index in [1.165, 1.54) is 25.4 Å². The predicted octanol–water partition coefficient (Wildman–Crippen LogP) is 2.15. The van der Waals surface area contributed by atoms with Crippen LogP contribution in [0.3, 0.4) is 0 Å². The molecule has 1 aliphatic rings. The number of nitrogens with zero attached hydrogens (tertiary/aromatic N) is 5. The zero-order valence-electron chi connectivity index (χ0n) is 17.6. The second kappa shape index (κ2) is 8.14. The Labute approximate surface area is 182 Å². The molecule has 3 aromatic rings. The molecule has 2 aromatic heterocycles. The fourth-order valence-electron chi connectivity index (χ4n) is 3.41. The third-order valence-corrected chi connectivity index (χ3v) is 5.06. The van der Waals surface area contributed by atoms with Crippen LogP contribution in [0.4, 0.5) is 15.9 Å². The monoisotopic (exact) mass is 434 g/mol. The SMILES string of the molecule is CN1C(=O)c2cc(N(C)C)cc(CC(=O)Nc3ccc(-c4cncc(F)c4)nn3)c2C1=O. The second-order valence-corrected chi connectivity index (χ2v) is 7.51. The van der Waals surface area contributed by atoms with Crippen molar-refractivity contribution in [3.63, 3.8) is 0 Å². The number of halogens is 1. The van der Waals surface area contributed by atoms with Gasteiger partial charge in [-0.1, -0.05) is 0 Å².